The van der Waals surface area contributed by atoms with Crippen molar-refractivity contribution in [1.82, 2.24) is 20.0 Å². The summed E-state index contributed by atoms with van der Waals surface area (Å²) in [6, 6.07) is 8.50. The molecule has 0 spiro atoms. The van der Waals surface area contributed by atoms with Gasteiger partial charge in [-0.15, -0.1) is 0 Å². The Kier molecular flexibility index (Phi) is 5.16. The average Bonchev–Trinajstić information content (AvgIpc) is 2.67. The molecule has 9 nitrogen and oxygen atoms in total. The number of amides is 1. The highest BCUT2D eigenvalue weighted by Crippen LogP contribution is 2.19. The van der Waals surface area contributed by atoms with Crippen molar-refractivity contribution >= 4 is 12.1 Å². The minimum atomic E-state index is -0.830. The number of aromatic hydroxyl groups is 1. The highest BCUT2D eigenvalue weighted by molar-refractivity contribution is 5.94. The maximum atomic E-state index is 12.3. The number of aromatic nitrogens is 3. The highest BCUT2D eigenvalue weighted by atomic mass is 16.3. The topological polar surface area (TPSA) is 129 Å². The van der Waals surface area contributed by atoms with Gasteiger partial charge < -0.3 is 5.11 Å². The van der Waals surface area contributed by atoms with E-state index in [0.717, 1.165) is 21.9 Å². The van der Waals surface area contributed by atoms with Gasteiger partial charge in [-0.25, -0.2) is 14.8 Å². The van der Waals surface area contributed by atoms with Gasteiger partial charge in [-0.3, -0.25) is 19.6 Å². The van der Waals surface area contributed by atoms with E-state index in [4.69, 9.17) is 0 Å². The number of aryl methyl sites for hydroxylation is 2. The molecule has 0 aliphatic rings. The second-order valence-corrected chi connectivity index (χ2v) is 6.06. The lowest BCUT2D eigenvalue weighted by atomic mass is 10.1. The molecular weight excluding hydrogens is 362 g/mol. The predicted molar refractivity (Wildman–Crippen MR) is 103 cm³/mol. The first-order chi connectivity index (χ1) is 13.4. The van der Waals surface area contributed by atoms with E-state index in [1.807, 2.05) is 13.0 Å². The molecular formula is C19H17N5O4. The second-order valence-electron chi connectivity index (χ2n) is 6.06. The van der Waals surface area contributed by atoms with E-state index in [2.05, 4.69) is 20.5 Å². The van der Waals surface area contributed by atoms with Crippen molar-refractivity contribution in [3.8, 4) is 11.6 Å². The molecule has 3 N–H and O–H groups in total. The molecule has 2 aromatic heterocycles. The van der Waals surface area contributed by atoms with E-state index in [1.165, 1.54) is 12.4 Å². The smallest absolute Gasteiger partial charge is 0.335 e. The van der Waals surface area contributed by atoms with Gasteiger partial charge in [-0.2, -0.15) is 5.10 Å². The van der Waals surface area contributed by atoms with Crippen LogP contribution in [0.15, 0.2) is 57.4 Å². The van der Waals surface area contributed by atoms with Gasteiger partial charge in [0.2, 0.25) is 5.88 Å². The van der Waals surface area contributed by atoms with E-state index in [-0.39, 0.29) is 11.1 Å². The minimum Gasteiger partial charge on any atom is -0.493 e. The molecule has 0 aliphatic heterocycles. The fraction of sp³-hybridized carbons (Fsp3) is 0.105. The molecule has 0 saturated heterocycles. The van der Waals surface area contributed by atoms with Crippen molar-refractivity contribution < 1.29 is 9.90 Å². The van der Waals surface area contributed by atoms with Gasteiger partial charge in [0, 0.05) is 12.4 Å². The third kappa shape index (κ3) is 3.73. The zero-order valence-corrected chi connectivity index (χ0v) is 15.1. The van der Waals surface area contributed by atoms with Gasteiger partial charge in [0.15, 0.2) is 0 Å². The van der Waals surface area contributed by atoms with Crippen LogP contribution in [-0.4, -0.2) is 31.8 Å². The van der Waals surface area contributed by atoms with Gasteiger partial charge in [-0.05, 0) is 43.2 Å². The van der Waals surface area contributed by atoms with Crippen LogP contribution < -0.4 is 16.7 Å². The van der Waals surface area contributed by atoms with Crippen molar-refractivity contribution in [2.45, 2.75) is 13.8 Å². The Morgan fingerprint density at radius 1 is 1.29 bits per heavy atom. The van der Waals surface area contributed by atoms with Crippen LogP contribution in [-0.2, 0) is 0 Å². The van der Waals surface area contributed by atoms with Crippen LogP contribution in [0.4, 0.5) is 0 Å². The van der Waals surface area contributed by atoms with Gasteiger partial charge in [0.25, 0.3) is 11.5 Å². The fourth-order valence-corrected chi connectivity index (χ4v) is 2.56. The molecule has 3 rings (SSSR count). The molecule has 0 bridgehead atoms. The normalized spacial score (nSPS) is 10.9. The molecule has 0 unspecified atom stereocenters. The summed E-state index contributed by atoms with van der Waals surface area (Å²) in [5.41, 5.74) is 2.65. The Morgan fingerprint density at radius 3 is 2.79 bits per heavy atom. The van der Waals surface area contributed by atoms with E-state index in [0.29, 0.717) is 5.69 Å². The highest BCUT2D eigenvalue weighted by Gasteiger charge is 2.16. The summed E-state index contributed by atoms with van der Waals surface area (Å²) < 4.78 is 0.980. The quantitative estimate of drug-likeness (QED) is 0.460. The number of aromatic amines is 1. The molecule has 2 heterocycles. The van der Waals surface area contributed by atoms with Gasteiger partial charge in [0.05, 0.1) is 17.5 Å². The van der Waals surface area contributed by atoms with Crippen LogP contribution in [0.5, 0.6) is 5.88 Å². The zero-order chi connectivity index (χ0) is 20.3. The summed E-state index contributed by atoms with van der Waals surface area (Å²) in [5.74, 6) is -1.12. The molecule has 0 aliphatic carbocycles. The first-order valence-electron chi connectivity index (χ1n) is 8.28. The molecule has 1 amide bonds. The number of nitrogens with one attached hydrogen (secondary N) is 2. The average molecular weight is 379 g/mol. The van der Waals surface area contributed by atoms with Crippen LogP contribution >= 0.6 is 0 Å². The van der Waals surface area contributed by atoms with Crippen LogP contribution in [0.25, 0.3) is 5.69 Å². The molecule has 0 radical (unpaired) electrons. The number of carbonyl (C=O) groups is 1. The summed E-state index contributed by atoms with van der Waals surface area (Å²) >= 11 is 0. The summed E-state index contributed by atoms with van der Waals surface area (Å²) in [4.78, 5) is 42.3. The minimum absolute atomic E-state index is 0.271. The lowest BCUT2D eigenvalue weighted by Gasteiger charge is -2.12. The lowest BCUT2D eigenvalue weighted by Crippen LogP contribution is -2.32. The van der Waals surface area contributed by atoms with Crippen molar-refractivity contribution in [2.75, 3.05) is 0 Å². The second kappa shape index (κ2) is 7.70. The maximum Gasteiger partial charge on any atom is 0.335 e. The van der Waals surface area contributed by atoms with Crippen molar-refractivity contribution in [1.29, 1.82) is 0 Å². The monoisotopic (exact) mass is 379 g/mol. The van der Waals surface area contributed by atoms with Crippen LogP contribution in [0, 0.1) is 13.8 Å². The lowest BCUT2D eigenvalue weighted by molar-refractivity contribution is 0.0954. The van der Waals surface area contributed by atoms with E-state index >= 15 is 0 Å². The standard InChI is InChI=1S/C19H17N5O4/c1-11-5-6-12(2)15(8-11)24-18(27)14(17(26)22-19(24)28)10-21-23-16(25)13-4-3-7-20-9-13/h3-10,27H,1-2H3,(H,23,25)(H,22,26,28)/b21-10+. The van der Waals surface area contributed by atoms with Crippen LogP contribution in [0.2, 0.25) is 0 Å². The summed E-state index contributed by atoms with van der Waals surface area (Å²) in [5, 5.41) is 14.2. The Bertz CT molecular complexity index is 1180. The number of pyridine rings is 1. The predicted octanol–water partition coefficient (Wildman–Crippen LogP) is 1.01. The molecule has 142 valence electrons. The van der Waals surface area contributed by atoms with Gasteiger partial charge in [0.1, 0.15) is 5.56 Å². The third-order valence-corrected chi connectivity index (χ3v) is 4.01. The Hall–Kier alpha value is -4.01. The van der Waals surface area contributed by atoms with Gasteiger partial charge in [-0.1, -0.05) is 12.1 Å². The molecule has 9 heteroatoms. The summed E-state index contributed by atoms with van der Waals surface area (Å²) in [6.45, 7) is 3.61. The number of rotatable bonds is 4. The maximum absolute atomic E-state index is 12.3. The van der Waals surface area contributed by atoms with Crippen LogP contribution in [0.1, 0.15) is 27.0 Å². The number of benzene rings is 1. The largest absolute Gasteiger partial charge is 0.493 e. The molecule has 0 saturated carbocycles. The number of H-pyrrole nitrogens is 1. The molecule has 0 atom stereocenters. The van der Waals surface area contributed by atoms with E-state index < -0.39 is 23.0 Å². The number of hydrazone groups is 1. The Labute approximate surface area is 159 Å². The first-order valence-corrected chi connectivity index (χ1v) is 8.28. The number of hydrogen-bond acceptors (Lipinski definition) is 6. The number of hydrogen-bond donors (Lipinski definition) is 3. The third-order valence-electron chi connectivity index (χ3n) is 4.01. The Balaban J connectivity index is 1.98. The summed E-state index contributed by atoms with van der Waals surface area (Å²) in [7, 11) is 0. The van der Waals surface area contributed by atoms with Crippen molar-refractivity contribution in [3.63, 3.8) is 0 Å². The molecule has 28 heavy (non-hydrogen) atoms. The first kappa shape index (κ1) is 18.8. The van der Waals surface area contributed by atoms with Crippen molar-refractivity contribution in [2.24, 2.45) is 5.10 Å². The Morgan fingerprint density at radius 2 is 2.07 bits per heavy atom. The number of carbonyl (C=O) groups excluding carboxylic acids is 1. The molecule has 0 fully saturated rings. The zero-order valence-electron chi connectivity index (χ0n) is 15.1. The SMILES string of the molecule is Cc1ccc(C)c(-n2c(O)c(/C=N/NC(=O)c3cccnc3)c(=O)[nH]c2=O)c1. The molecule has 1 aromatic carbocycles. The summed E-state index contributed by atoms with van der Waals surface area (Å²) in [6.07, 6.45) is 3.85. The van der Waals surface area contributed by atoms with Crippen LogP contribution in [0.3, 0.4) is 0 Å². The number of nitrogens with zero attached hydrogens (tertiary/aromatic N) is 3. The van der Waals surface area contributed by atoms with Gasteiger partial charge >= 0.3 is 5.69 Å². The van der Waals surface area contributed by atoms with Crippen molar-refractivity contribution in [3.05, 3.63) is 85.8 Å². The van der Waals surface area contributed by atoms with E-state index in [9.17, 15) is 19.5 Å². The fourth-order valence-electron chi connectivity index (χ4n) is 2.56. The van der Waals surface area contributed by atoms with E-state index in [1.54, 1.807) is 31.2 Å². The molecule has 3 aromatic rings.